The van der Waals surface area contributed by atoms with Crippen molar-refractivity contribution in [2.24, 2.45) is 0 Å². The molecule has 0 amide bonds. The maximum atomic E-state index is 3.98. The van der Waals surface area contributed by atoms with Gasteiger partial charge in [0.2, 0.25) is 0 Å². The lowest BCUT2D eigenvalue weighted by molar-refractivity contribution is 0.905. The Balaban J connectivity index is 1.96. The molecule has 0 aliphatic carbocycles. The van der Waals surface area contributed by atoms with Crippen LogP contribution in [0.3, 0.4) is 0 Å². The summed E-state index contributed by atoms with van der Waals surface area (Å²) in [5.74, 6) is 0.742. The van der Waals surface area contributed by atoms with Gasteiger partial charge in [0.1, 0.15) is 5.82 Å². The van der Waals surface area contributed by atoms with Gasteiger partial charge in [-0.15, -0.1) is 5.10 Å². The molecule has 2 rings (SSSR count). The van der Waals surface area contributed by atoms with E-state index < -0.39 is 0 Å². The minimum absolute atomic E-state index is 0.603. The molecule has 5 nitrogen and oxygen atoms in total. The highest BCUT2D eigenvalue weighted by molar-refractivity contribution is 5.33. The molecule has 1 N–H and O–H groups in total. The minimum atomic E-state index is 0.603. The van der Waals surface area contributed by atoms with E-state index in [1.165, 1.54) is 0 Å². The fourth-order valence-electron chi connectivity index (χ4n) is 1.10. The molecule has 0 aromatic carbocycles. The van der Waals surface area contributed by atoms with Crippen molar-refractivity contribution in [3.63, 3.8) is 0 Å². The summed E-state index contributed by atoms with van der Waals surface area (Å²) in [6.07, 6.45) is 1.65. The van der Waals surface area contributed by atoms with E-state index in [9.17, 15) is 0 Å². The average molecular weight is 201 g/mol. The van der Waals surface area contributed by atoms with Crippen LogP contribution in [-0.2, 0) is 6.54 Å². The number of aromatic nitrogens is 4. The van der Waals surface area contributed by atoms with Crippen molar-refractivity contribution in [1.82, 2.24) is 20.4 Å². The minimum Gasteiger partial charge on any atom is -0.363 e. The first-order valence-corrected chi connectivity index (χ1v) is 4.65. The van der Waals surface area contributed by atoms with E-state index in [0.717, 1.165) is 17.2 Å². The fourth-order valence-corrected chi connectivity index (χ4v) is 1.10. The molecule has 0 aliphatic rings. The molecule has 0 radical (unpaired) electrons. The fraction of sp³-hybridized carbons (Fsp3) is 0.200. The lowest BCUT2D eigenvalue weighted by Crippen LogP contribution is -2.04. The molecule has 0 spiro atoms. The van der Waals surface area contributed by atoms with E-state index in [1.807, 2.05) is 31.2 Å². The second kappa shape index (κ2) is 4.45. The third-order valence-corrected chi connectivity index (χ3v) is 1.88. The Morgan fingerprint density at radius 2 is 2.07 bits per heavy atom. The van der Waals surface area contributed by atoms with Crippen molar-refractivity contribution in [3.8, 4) is 0 Å². The molecule has 0 saturated carbocycles. The van der Waals surface area contributed by atoms with E-state index >= 15 is 0 Å². The van der Waals surface area contributed by atoms with Gasteiger partial charge in [0.25, 0.3) is 0 Å². The number of hydrogen-bond acceptors (Lipinski definition) is 5. The molecule has 15 heavy (non-hydrogen) atoms. The van der Waals surface area contributed by atoms with Gasteiger partial charge in [0.05, 0.1) is 17.9 Å². The van der Waals surface area contributed by atoms with Crippen molar-refractivity contribution >= 4 is 5.82 Å². The molecule has 2 aromatic rings. The van der Waals surface area contributed by atoms with Crippen molar-refractivity contribution in [2.45, 2.75) is 13.5 Å². The van der Waals surface area contributed by atoms with Gasteiger partial charge in [-0.1, -0.05) is 0 Å². The highest BCUT2D eigenvalue weighted by atomic mass is 15.2. The van der Waals surface area contributed by atoms with E-state index in [-0.39, 0.29) is 0 Å². The van der Waals surface area contributed by atoms with Crippen molar-refractivity contribution in [2.75, 3.05) is 5.32 Å². The normalized spacial score (nSPS) is 9.93. The van der Waals surface area contributed by atoms with Crippen LogP contribution in [-0.4, -0.2) is 20.4 Å². The average Bonchev–Trinajstić information content (AvgIpc) is 2.30. The lowest BCUT2D eigenvalue weighted by Gasteiger charge is -2.03. The van der Waals surface area contributed by atoms with Crippen LogP contribution in [0, 0.1) is 6.92 Å². The van der Waals surface area contributed by atoms with E-state index in [4.69, 9.17) is 0 Å². The van der Waals surface area contributed by atoms with Gasteiger partial charge in [-0.05, 0) is 31.2 Å². The standard InChI is InChI=1S/C10H11N5/c1-8-4-5-10(15-13-8)11-7-9-3-2-6-12-14-9/h2-6H,7H2,1H3,(H,11,15). The Morgan fingerprint density at radius 1 is 1.13 bits per heavy atom. The van der Waals surface area contributed by atoms with E-state index in [0.29, 0.717) is 6.54 Å². The summed E-state index contributed by atoms with van der Waals surface area (Å²) in [6, 6.07) is 7.55. The SMILES string of the molecule is Cc1ccc(NCc2cccnn2)nn1. The van der Waals surface area contributed by atoms with Gasteiger partial charge >= 0.3 is 0 Å². The molecule has 0 bridgehead atoms. The lowest BCUT2D eigenvalue weighted by atomic mass is 10.4. The molecule has 0 aliphatic heterocycles. The molecular weight excluding hydrogens is 190 g/mol. The van der Waals surface area contributed by atoms with Crippen molar-refractivity contribution in [1.29, 1.82) is 0 Å². The molecule has 0 saturated heterocycles. The summed E-state index contributed by atoms with van der Waals surface area (Å²) in [4.78, 5) is 0. The van der Waals surface area contributed by atoms with Crippen molar-refractivity contribution in [3.05, 3.63) is 41.9 Å². The Kier molecular flexibility index (Phi) is 2.82. The third-order valence-electron chi connectivity index (χ3n) is 1.88. The van der Waals surface area contributed by atoms with Gasteiger partial charge in [-0.2, -0.15) is 15.3 Å². The van der Waals surface area contributed by atoms with E-state index in [1.54, 1.807) is 6.20 Å². The Hall–Kier alpha value is -2.04. The third kappa shape index (κ3) is 2.70. The summed E-state index contributed by atoms with van der Waals surface area (Å²) in [5.41, 5.74) is 1.78. The van der Waals surface area contributed by atoms with Crippen LogP contribution in [0.15, 0.2) is 30.5 Å². The number of aryl methyl sites for hydroxylation is 1. The number of rotatable bonds is 3. The Labute approximate surface area is 87.6 Å². The number of nitrogens with zero attached hydrogens (tertiary/aromatic N) is 4. The zero-order valence-electron chi connectivity index (χ0n) is 8.38. The summed E-state index contributed by atoms with van der Waals surface area (Å²) < 4.78 is 0. The predicted molar refractivity (Wildman–Crippen MR) is 56.1 cm³/mol. The maximum Gasteiger partial charge on any atom is 0.148 e. The van der Waals surface area contributed by atoms with Gasteiger partial charge < -0.3 is 5.32 Å². The molecule has 5 heteroatoms. The van der Waals surface area contributed by atoms with Crippen LogP contribution in [0.5, 0.6) is 0 Å². The summed E-state index contributed by atoms with van der Waals surface area (Å²) in [6.45, 7) is 2.50. The highest BCUT2D eigenvalue weighted by Crippen LogP contribution is 2.02. The zero-order chi connectivity index (χ0) is 10.5. The molecule has 0 fully saturated rings. The molecule has 2 heterocycles. The van der Waals surface area contributed by atoms with Crippen LogP contribution >= 0.6 is 0 Å². The van der Waals surface area contributed by atoms with Crippen LogP contribution in [0.1, 0.15) is 11.4 Å². The molecule has 2 aromatic heterocycles. The van der Waals surface area contributed by atoms with Gasteiger partial charge in [0, 0.05) is 6.20 Å². The summed E-state index contributed by atoms with van der Waals surface area (Å²) in [5, 5.41) is 18.8. The van der Waals surface area contributed by atoms with Crippen LogP contribution < -0.4 is 5.32 Å². The quantitative estimate of drug-likeness (QED) is 0.808. The smallest absolute Gasteiger partial charge is 0.148 e. The Bertz CT molecular complexity index is 412. The monoisotopic (exact) mass is 201 g/mol. The largest absolute Gasteiger partial charge is 0.363 e. The number of nitrogens with one attached hydrogen (secondary N) is 1. The van der Waals surface area contributed by atoms with Gasteiger partial charge in [-0.3, -0.25) is 0 Å². The second-order valence-corrected chi connectivity index (χ2v) is 3.13. The Morgan fingerprint density at radius 3 is 2.73 bits per heavy atom. The summed E-state index contributed by atoms with van der Waals surface area (Å²) >= 11 is 0. The van der Waals surface area contributed by atoms with Crippen molar-refractivity contribution < 1.29 is 0 Å². The first kappa shape index (κ1) is 9.51. The van der Waals surface area contributed by atoms with Gasteiger partial charge in [-0.25, -0.2) is 0 Å². The van der Waals surface area contributed by atoms with Crippen LogP contribution in [0.2, 0.25) is 0 Å². The second-order valence-electron chi connectivity index (χ2n) is 3.13. The molecule has 76 valence electrons. The van der Waals surface area contributed by atoms with Gasteiger partial charge in [0.15, 0.2) is 0 Å². The zero-order valence-corrected chi connectivity index (χ0v) is 8.38. The maximum absolute atomic E-state index is 3.98. The number of hydrogen-bond donors (Lipinski definition) is 1. The first-order chi connectivity index (χ1) is 7.34. The molecule has 0 atom stereocenters. The van der Waals surface area contributed by atoms with Crippen LogP contribution in [0.25, 0.3) is 0 Å². The van der Waals surface area contributed by atoms with E-state index in [2.05, 4.69) is 25.7 Å². The predicted octanol–water partition coefficient (Wildman–Crippen LogP) is 1.19. The molecule has 0 unspecified atom stereocenters. The highest BCUT2D eigenvalue weighted by Gasteiger charge is 1.96. The molecular formula is C10H11N5. The van der Waals surface area contributed by atoms with Crippen LogP contribution in [0.4, 0.5) is 5.82 Å². The topological polar surface area (TPSA) is 63.6 Å². The number of anilines is 1. The summed E-state index contributed by atoms with van der Waals surface area (Å²) in [7, 11) is 0. The first-order valence-electron chi connectivity index (χ1n) is 4.65.